The van der Waals surface area contributed by atoms with E-state index in [0.29, 0.717) is 25.3 Å². The summed E-state index contributed by atoms with van der Waals surface area (Å²) < 4.78 is 6.10. The fourth-order valence-corrected chi connectivity index (χ4v) is 2.89. The number of rotatable bonds is 6. The summed E-state index contributed by atoms with van der Waals surface area (Å²) in [7, 11) is 1.60. The lowest BCUT2D eigenvalue weighted by atomic mass is 10.1. The molecule has 19 heavy (non-hydrogen) atoms. The second kappa shape index (κ2) is 6.65. The minimum absolute atomic E-state index is 0.0441. The number of methoxy groups -OCH3 is 1. The predicted molar refractivity (Wildman–Crippen MR) is 76.7 cm³/mol. The summed E-state index contributed by atoms with van der Waals surface area (Å²) in [5.41, 5.74) is 0.699. The average Bonchev–Trinajstić information content (AvgIpc) is 2.86. The Hall–Kier alpha value is -1.43. The van der Waals surface area contributed by atoms with Gasteiger partial charge < -0.3 is 14.7 Å². The molecule has 0 bridgehead atoms. The van der Waals surface area contributed by atoms with Crippen LogP contribution in [0.4, 0.5) is 0 Å². The Labute approximate surface area is 116 Å². The van der Waals surface area contributed by atoms with Crippen LogP contribution in [0.3, 0.4) is 0 Å². The molecule has 102 valence electrons. The van der Waals surface area contributed by atoms with E-state index in [1.807, 2.05) is 29.6 Å². The molecule has 0 saturated heterocycles. The number of ether oxygens (including phenoxy) is 1. The fraction of sp³-hybridized carbons (Fsp3) is 0.357. The lowest BCUT2D eigenvalue weighted by Crippen LogP contribution is -2.36. The zero-order chi connectivity index (χ0) is 13.7. The number of carbonyl (C=O) groups is 1. The van der Waals surface area contributed by atoms with Crippen molar-refractivity contribution in [1.29, 1.82) is 0 Å². The third-order valence-corrected chi connectivity index (χ3v) is 3.90. The highest BCUT2D eigenvalue weighted by Gasteiger charge is 2.18. The number of carbonyl (C=O) groups excluding carboxylic acids is 1. The van der Waals surface area contributed by atoms with Gasteiger partial charge in [0.2, 0.25) is 0 Å². The van der Waals surface area contributed by atoms with Gasteiger partial charge in [0.15, 0.2) is 0 Å². The summed E-state index contributed by atoms with van der Waals surface area (Å²) in [6.07, 6.45) is 0. The molecule has 0 spiro atoms. The number of aliphatic hydroxyl groups is 1. The highest BCUT2D eigenvalue weighted by Crippen LogP contribution is 2.26. The maximum Gasteiger partial charge on any atom is 0.255 e. The fourth-order valence-electron chi connectivity index (χ4n) is 1.95. The lowest BCUT2D eigenvalue weighted by molar-refractivity contribution is 0.0659. The van der Waals surface area contributed by atoms with Gasteiger partial charge in [-0.15, -0.1) is 11.3 Å². The van der Waals surface area contributed by atoms with Gasteiger partial charge in [-0.2, -0.15) is 0 Å². The highest BCUT2D eigenvalue weighted by molar-refractivity contribution is 7.17. The number of hydrogen-bond donors (Lipinski definition) is 1. The zero-order valence-corrected chi connectivity index (χ0v) is 11.7. The van der Waals surface area contributed by atoms with Crippen LogP contribution in [0, 0.1) is 0 Å². The highest BCUT2D eigenvalue weighted by atomic mass is 32.1. The quantitative estimate of drug-likeness (QED) is 0.879. The average molecular weight is 279 g/mol. The molecule has 2 aromatic rings. The molecule has 0 unspecified atom stereocenters. The third-order valence-electron chi connectivity index (χ3n) is 2.93. The van der Waals surface area contributed by atoms with Crippen LogP contribution in [-0.2, 0) is 4.74 Å². The maximum atomic E-state index is 12.5. The van der Waals surface area contributed by atoms with Gasteiger partial charge in [0.25, 0.3) is 5.91 Å². The Balaban J connectivity index is 2.25. The van der Waals surface area contributed by atoms with Crippen LogP contribution < -0.4 is 0 Å². The molecule has 1 N–H and O–H groups in total. The molecule has 0 radical (unpaired) electrons. The minimum Gasteiger partial charge on any atom is -0.395 e. The Kier molecular flexibility index (Phi) is 4.90. The van der Waals surface area contributed by atoms with Crippen molar-refractivity contribution < 1.29 is 14.6 Å². The van der Waals surface area contributed by atoms with Crippen molar-refractivity contribution in [2.45, 2.75) is 0 Å². The topological polar surface area (TPSA) is 49.8 Å². The molecule has 5 heteroatoms. The van der Waals surface area contributed by atoms with Gasteiger partial charge in [-0.3, -0.25) is 4.79 Å². The van der Waals surface area contributed by atoms with E-state index in [9.17, 15) is 4.79 Å². The van der Waals surface area contributed by atoms with Gasteiger partial charge in [-0.25, -0.2) is 0 Å². The Morgan fingerprint density at radius 1 is 1.37 bits per heavy atom. The molecule has 0 aliphatic heterocycles. The number of hydrogen-bond acceptors (Lipinski definition) is 4. The summed E-state index contributed by atoms with van der Waals surface area (Å²) in [6, 6.07) is 7.84. The molecule has 0 aliphatic rings. The molecule has 1 aromatic carbocycles. The first kappa shape index (κ1) is 14.0. The first-order valence-electron chi connectivity index (χ1n) is 6.13. The molecule has 1 aromatic heterocycles. The van der Waals surface area contributed by atoms with E-state index in [4.69, 9.17) is 9.84 Å². The standard InChI is InChI=1S/C14H17NO3S/c1-18-9-7-15(6-8-16)14(17)12-10-19-13-5-3-2-4-11(12)13/h2-5,10,16H,6-9H2,1H3. The van der Waals surface area contributed by atoms with Crippen LogP contribution in [0.5, 0.6) is 0 Å². The van der Waals surface area contributed by atoms with Crippen LogP contribution in [0.1, 0.15) is 10.4 Å². The van der Waals surface area contributed by atoms with Gasteiger partial charge in [0, 0.05) is 35.7 Å². The summed E-state index contributed by atoms with van der Waals surface area (Å²) in [5.74, 6) is -0.0523. The molecule has 0 saturated carbocycles. The van der Waals surface area contributed by atoms with E-state index in [0.717, 1.165) is 10.1 Å². The van der Waals surface area contributed by atoms with Gasteiger partial charge in [0.1, 0.15) is 0 Å². The molecule has 0 fully saturated rings. The van der Waals surface area contributed by atoms with Crippen molar-refractivity contribution in [1.82, 2.24) is 4.90 Å². The van der Waals surface area contributed by atoms with Gasteiger partial charge in [-0.1, -0.05) is 18.2 Å². The number of fused-ring (bicyclic) bond motifs is 1. The molecule has 0 aliphatic carbocycles. The molecule has 1 heterocycles. The lowest BCUT2D eigenvalue weighted by Gasteiger charge is -2.21. The van der Waals surface area contributed by atoms with Crippen molar-refractivity contribution in [3.05, 3.63) is 35.2 Å². The second-order valence-electron chi connectivity index (χ2n) is 4.15. The molecule has 0 atom stereocenters. The van der Waals surface area contributed by atoms with E-state index >= 15 is 0 Å². The predicted octanol–water partition coefficient (Wildman–Crippen LogP) is 1.98. The van der Waals surface area contributed by atoms with Gasteiger partial charge in [-0.05, 0) is 6.07 Å². The van der Waals surface area contributed by atoms with Crippen molar-refractivity contribution in [2.24, 2.45) is 0 Å². The SMILES string of the molecule is COCCN(CCO)C(=O)c1csc2ccccc12. The van der Waals surface area contributed by atoms with Crippen LogP contribution in [0.15, 0.2) is 29.6 Å². The molecular formula is C14H17NO3S. The number of aliphatic hydroxyl groups excluding tert-OH is 1. The summed E-state index contributed by atoms with van der Waals surface area (Å²) in [4.78, 5) is 14.1. The Bertz CT molecular complexity index is 552. The maximum absolute atomic E-state index is 12.5. The van der Waals surface area contributed by atoms with Crippen LogP contribution >= 0.6 is 11.3 Å². The summed E-state index contributed by atoms with van der Waals surface area (Å²) in [5, 5.41) is 11.9. The molecule has 1 amide bonds. The first-order chi connectivity index (χ1) is 9.27. The van der Waals surface area contributed by atoms with Crippen LogP contribution in [0.25, 0.3) is 10.1 Å². The molecular weight excluding hydrogens is 262 g/mol. The van der Waals surface area contributed by atoms with E-state index in [1.165, 1.54) is 0 Å². The molecule has 4 nitrogen and oxygen atoms in total. The van der Waals surface area contributed by atoms with E-state index in [-0.39, 0.29) is 12.5 Å². The number of thiophene rings is 1. The normalized spacial score (nSPS) is 10.8. The number of nitrogens with zero attached hydrogens (tertiary/aromatic N) is 1. The van der Waals surface area contributed by atoms with Crippen molar-refractivity contribution in [3.63, 3.8) is 0 Å². The van der Waals surface area contributed by atoms with Crippen LogP contribution in [-0.4, -0.2) is 49.3 Å². The number of benzene rings is 1. The second-order valence-corrected chi connectivity index (χ2v) is 5.07. The third kappa shape index (κ3) is 3.12. The van der Waals surface area contributed by atoms with Crippen molar-refractivity contribution in [3.8, 4) is 0 Å². The summed E-state index contributed by atoms with van der Waals surface area (Å²) in [6.45, 7) is 1.23. The van der Waals surface area contributed by atoms with E-state index < -0.39 is 0 Å². The van der Waals surface area contributed by atoms with E-state index in [1.54, 1.807) is 23.3 Å². The van der Waals surface area contributed by atoms with E-state index in [2.05, 4.69) is 0 Å². The van der Waals surface area contributed by atoms with Crippen LogP contribution in [0.2, 0.25) is 0 Å². The largest absolute Gasteiger partial charge is 0.395 e. The minimum atomic E-state index is -0.0523. The zero-order valence-electron chi connectivity index (χ0n) is 10.8. The summed E-state index contributed by atoms with van der Waals surface area (Å²) >= 11 is 1.56. The number of amides is 1. The van der Waals surface area contributed by atoms with Gasteiger partial charge in [0.05, 0.1) is 18.8 Å². The molecule has 2 rings (SSSR count). The first-order valence-corrected chi connectivity index (χ1v) is 7.01. The van der Waals surface area contributed by atoms with Crippen molar-refractivity contribution in [2.75, 3.05) is 33.4 Å². The monoisotopic (exact) mass is 279 g/mol. The van der Waals surface area contributed by atoms with Gasteiger partial charge >= 0.3 is 0 Å². The van der Waals surface area contributed by atoms with Crippen molar-refractivity contribution >= 4 is 27.3 Å². The Morgan fingerprint density at radius 3 is 2.89 bits per heavy atom. The smallest absolute Gasteiger partial charge is 0.255 e. The Morgan fingerprint density at radius 2 is 2.16 bits per heavy atom.